The molecule has 2 aromatic carbocycles. The smallest absolute Gasteiger partial charge is 0.331 e. The van der Waals surface area contributed by atoms with E-state index in [4.69, 9.17) is 18.9 Å². The molecule has 1 atom stereocenters. The van der Waals surface area contributed by atoms with Crippen molar-refractivity contribution in [1.29, 1.82) is 0 Å². The quantitative estimate of drug-likeness (QED) is 0.493. The summed E-state index contributed by atoms with van der Waals surface area (Å²) in [6.07, 6.45) is 1.86. The van der Waals surface area contributed by atoms with E-state index in [0.717, 1.165) is 5.56 Å². The van der Waals surface area contributed by atoms with Crippen LogP contribution in [-0.2, 0) is 14.3 Å². The molecule has 2 aromatic rings. The predicted molar refractivity (Wildman–Crippen MR) is 115 cm³/mol. The lowest BCUT2D eigenvalue weighted by molar-refractivity contribution is -0.148. The third kappa shape index (κ3) is 6.55. The second-order valence-corrected chi connectivity index (χ2v) is 6.68. The first-order valence-corrected chi connectivity index (χ1v) is 9.51. The van der Waals surface area contributed by atoms with Gasteiger partial charge in [0.1, 0.15) is 5.75 Å². The molecule has 0 heterocycles. The Bertz CT molecular complexity index is 906. The van der Waals surface area contributed by atoms with E-state index in [0.29, 0.717) is 22.9 Å². The molecule has 0 aliphatic heterocycles. The Kier molecular flexibility index (Phi) is 8.29. The molecule has 160 valence electrons. The highest BCUT2D eigenvalue weighted by Crippen LogP contribution is 2.29. The van der Waals surface area contributed by atoms with Gasteiger partial charge in [0.2, 0.25) is 0 Å². The molecule has 0 aliphatic carbocycles. The van der Waals surface area contributed by atoms with Crippen LogP contribution in [-0.4, -0.2) is 38.3 Å². The normalized spacial score (nSPS) is 11.8. The number of carbonyl (C=O) groups is 2. The average Bonchev–Trinajstić information content (AvgIpc) is 2.72. The minimum absolute atomic E-state index is 0.0127. The van der Waals surface area contributed by atoms with Crippen LogP contribution in [0.25, 0.3) is 6.08 Å². The second-order valence-electron chi connectivity index (χ2n) is 6.68. The number of benzene rings is 2. The van der Waals surface area contributed by atoms with Crippen molar-refractivity contribution in [1.82, 2.24) is 0 Å². The maximum Gasteiger partial charge on any atom is 0.331 e. The lowest BCUT2D eigenvalue weighted by Gasteiger charge is -2.14. The Balaban J connectivity index is 1.97. The number of hydrogen-bond acceptors (Lipinski definition) is 6. The predicted octanol–water partition coefficient (Wildman–Crippen LogP) is 4.07. The van der Waals surface area contributed by atoms with E-state index in [9.17, 15) is 9.59 Å². The highest BCUT2D eigenvalue weighted by molar-refractivity contribution is 5.97. The van der Waals surface area contributed by atoms with Crippen LogP contribution < -0.4 is 19.5 Å². The maximum absolute atomic E-state index is 12.3. The molecule has 0 fully saturated rings. The van der Waals surface area contributed by atoms with Crippen LogP contribution in [0, 0.1) is 0 Å². The topological polar surface area (TPSA) is 83.1 Å². The third-order valence-electron chi connectivity index (χ3n) is 3.99. The number of rotatable bonds is 9. The van der Waals surface area contributed by atoms with E-state index in [1.165, 1.54) is 20.1 Å². The van der Waals surface area contributed by atoms with Crippen molar-refractivity contribution in [2.45, 2.75) is 33.0 Å². The van der Waals surface area contributed by atoms with Crippen molar-refractivity contribution < 1.29 is 28.5 Å². The first-order chi connectivity index (χ1) is 14.3. The molecule has 0 bridgehead atoms. The summed E-state index contributed by atoms with van der Waals surface area (Å²) in [6, 6.07) is 12.3. The van der Waals surface area contributed by atoms with Crippen LogP contribution in [0.2, 0.25) is 0 Å². The molecule has 0 unspecified atom stereocenters. The van der Waals surface area contributed by atoms with Crippen LogP contribution in [0.3, 0.4) is 0 Å². The van der Waals surface area contributed by atoms with Gasteiger partial charge in [-0.15, -0.1) is 0 Å². The molecule has 0 saturated heterocycles. The Labute approximate surface area is 176 Å². The zero-order chi connectivity index (χ0) is 22.1. The standard InChI is InChI=1S/C23H27NO6/c1-15(2)29-20-12-10-17(14-21(20)28-5)11-13-22(25)30-16(3)23(26)24-18-8-6-7-9-19(18)27-4/h6-16H,1-5H3,(H,24,26)/b13-11+/t16-/m1/s1. The van der Waals surface area contributed by atoms with Gasteiger partial charge < -0.3 is 24.3 Å². The van der Waals surface area contributed by atoms with Crippen LogP contribution in [0.5, 0.6) is 17.2 Å². The Morgan fingerprint density at radius 1 is 0.933 bits per heavy atom. The van der Waals surface area contributed by atoms with Crippen molar-refractivity contribution in [3.05, 3.63) is 54.1 Å². The van der Waals surface area contributed by atoms with Crippen LogP contribution in [0.1, 0.15) is 26.3 Å². The van der Waals surface area contributed by atoms with E-state index in [2.05, 4.69) is 5.32 Å². The Hall–Kier alpha value is -3.48. The number of nitrogens with one attached hydrogen (secondary N) is 1. The summed E-state index contributed by atoms with van der Waals surface area (Å²) in [5.74, 6) is 0.595. The molecule has 0 aromatic heterocycles. The van der Waals surface area contributed by atoms with E-state index in [1.807, 2.05) is 13.8 Å². The summed E-state index contributed by atoms with van der Waals surface area (Å²) < 4.78 is 21.4. The van der Waals surface area contributed by atoms with Crippen LogP contribution >= 0.6 is 0 Å². The fourth-order valence-electron chi connectivity index (χ4n) is 2.55. The first kappa shape index (κ1) is 22.8. The van der Waals surface area contributed by atoms with Crippen molar-refractivity contribution in [2.24, 2.45) is 0 Å². The van der Waals surface area contributed by atoms with Crippen molar-refractivity contribution in [3.8, 4) is 17.2 Å². The molecule has 30 heavy (non-hydrogen) atoms. The SMILES string of the molecule is COc1ccccc1NC(=O)[C@@H](C)OC(=O)/C=C/c1ccc(OC(C)C)c(OC)c1. The van der Waals surface area contributed by atoms with Gasteiger partial charge in [0.05, 0.1) is 26.0 Å². The molecule has 7 nitrogen and oxygen atoms in total. The number of methoxy groups -OCH3 is 2. The number of amides is 1. The molecule has 2 rings (SSSR count). The molecule has 7 heteroatoms. The Morgan fingerprint density at radius 3 is 2.30 bits per heavy atom. The van der Waals surface area contributed by atoms with E-state index >= 15 is 0 Å². The number of ether oxygens (including phenoxy) is 4. The monoisotopic (exact) mass is 413 g/mol. The molecule has 0 radical (unpaired) electrons. The van der Waals surface area contributed by atoms with Gasteiger partial charge in [-0.1, -0.05) is 18.2 Å². The van der Waals surface area contributed by atoms with Crippen LogP contribution in [0.4, 0.5) is 5.69 Å². The zero-order valence-electron chi connectivity index (χ0n) is 17.8. The minimum atomic E-state index is -0.983. The van der Waals surface area contributed by atoms with Gasteiger partial charge in [0, 0.05) is 6.08 Å². The van der Waals surface area contributed by atoms with Gasteiger partial charge in [-0.2, -0.15) is 0 Å². The summed E-state index contributed by atoms with van der Waals surface area (Å²) in [5, 5.41) is 2.68. The van der Waals surface area contributed by atoms with Gasteiger partial charge in [0.15, 0.2) is 17.6 Å². The number of hydrogen-bond donors (Lipinski definition) is 1. The summed E-state index contributed by atoms with van der Waals surface area (Å²) in [4.78, 5) is 24.4. The lowest BCUT2D eigenvalue weighted by Crippen LogP contribution is -2.29. The number of para-hydroxylation sites is 2. The summed E-state index contributed by atoms with van der Waals surface area (Å²) in [5.41, 5.74) is 1.23. The van der Waals surface area contributed by atoms with Crippen LogP contribution in [0.15, 0.2) is 48.5 Å². The minimum Gasteiger partial charge on any atom is -0.495 e. The fourth-order valence-corrected chi connectivity index (χ4v) is 2.55. The molecule has 1 amide bonds. The van der Waals surface area contributed by atoms with Gasteiger partial charge >= 0.3 is 5.97 Å². The third-order valence-corrected chi connectivity index (χ3v) is 3.99. The Morgan fingerprint density at radius 2 is 1.63 bits per heavy atom. The van der Waals surface area contributed by atoms with E-state index in [-0.39, 0.29) is 6.10 Å². The van der Waals surface area contributed by atoms with Gasteiger partial charge in [0.25, 0.3) is 5.91 Å². The zero-order valence-corrected chi connectivity index (χ0v) is 17.8. The summed E-state index contributed by atoms with van der Waals surface area (Å²) in [6.45, 7) is 5.35. The molecular weight excluding hydrogens is 386 g/mol. The van der Waals surface area contributed by atoms with Gasteiger partial charge in [-0.05, 0) is 56.7 Å². The number of esters is 1. The second kappa shape index (κ2) is 10.9. The highest BCUT2D eigenvalue weighted by Gasteiger charge is 2.18. The molecule has 0 spiro atoms. The number of anilines is 1. The molecule has 0 saturated carbocycles. The highest BCUT2D eigenvalue weighted by atomic mass is 16.5. The van der Waals surface area contributed by atoms with E-state index in [1.54, 1.807) is 55.7 Å². The van der Waals surface area contributed by atoms with Crippen molar-refractivity contribution in [3.63, 3.8) is 0 Å². The number of carbonyl (C=O) groups excluding carboxylic acids is 2. The molecule has 0 aliphatic rings. The first-order valence-electron chi connectivity index (χ1n) is 9.51. The van der Waals surface area contributed by atoms with Crippen molar-refractivity contribution >= 4 is 23.6 Å². The van der Waals surface area contributed by atoms with Crippen molar-refractivity contribution in [2.75, 3.05) is 19.5 Å². The molecular formula is C23H27NO6. The lowest BCUT2D eigenvalue weighted by atomic mass is 10.2. The largest absolute Gasteiger partial charge is 0.495 e. The summed E-state index contributed by atoms with van der Waals surface area (Å²) >= 11 is 0. The molecule has 1 N–H and O–H groups in total. The average molecular weight is 413 g/mol. The maximum atomic E-state index is 12.3. The van der Waals surface area contributed by atoms with Gasteiger partial charge in [-0.3, -0.25) is 4.79 Å². The summed E-state index contributed by atoms with van der Waals surface area (Å²) in [7, 11) is 3.06. The van der Waals surface area contributed by atoms with Gasteiger partial charge in [-0.25, -0.2) is 4.79 Å². The van der Waals surface area contributed by atoms with E-state index < -0.39 is 18.0 Å². The fraction of sp³-hybridized carbons (Fsp3) is 0.304.